The molecule has 1 heterocycles. The second-order valence-corrected chi connectivity index (χ2v) is 8.67. The van der Waals surface area contributed by atoms with Crippen molar-refractivity contribution in [3.63, 3.8) is 0 Å². The van der Waals surface area contributed by atoms with Crippen molar-refractivity contribution >= 4 is 27.7 Å². The van der Waals surface area contributed by atoms with Gasteiger partial charge in [0.25, 0.3) is 5.91 Å². The lowest BCUT2D eigenvalue weighted by molar-refractivity contribution is 0.0920. The lowest BCUT2D eigenvalue weighted by Crippen LogP contribution is -2.46. The highest BCUT2D eigenvalue weighted by atomic mass is 32.2. The van der Waals surface area contributed by atoms with Crippen LogP contribution < -0.4 is 10.0 Å². The van der Waals surface area contributed by atoms with Crippen LogP contribution in [0.15, 0.2) is 29.2 Å². The Labute approximate surface area is 162 Å². The number of nitriles is 1. The molecule has 0 saturated heterocycles. The van der Waals surface area contributed by atoms with E-state index in [0.717, 1.165) is 24.6 Å². The molecule has 0 unspecified atom stereocenters. The summed E-state index contributed by atoms with van der Waals surface area (Å²) in [5.74, 6) is -0.287. The molecular weight excluding hydrogens is 386 g/mol. The SMILES string of the molecule is Cc1nsnc1C(=O)N[C@@H]1CCC[C@@H](NS(=O)(=O)c2ccccc2C#N)C1. The number of nitrogens with zero attached hydrogens (tertiary/aromatic N) is 3. The van der Waals surface area contributed by atoms with Crippen LogP contribution in [0, 0.1) is 18.3 Å². The van der Waals surface area contributed by atoms with E-state index < -0.39 is 10.0 Å². The molecule has 142 valence electrons. The van der Waals surface area contributed by atoms with Crippen molar-refractivity contribution < 1.29 is 13.2 Å². The van der Waals surface area contributed by atoms with Gasteiger partial charge in [0.2, 0.25) is 10.0 Å². The van der Waals surface area contributed by atoms with Crippen LogP contribution in [0.3, 0.4) is 0 Å². The predicted octanol–water partition coefficient (Wildman–Crippen LogP) is 1.74. The Morgan fingerprint density at radius 2 is 2.00 bits per heavy atom. The smallest absolute Gasteiger partial charge is 0.273 e. The number of hydrogen-bond acceptors (Lipinski definition) is 7. The van der Waals surface area contributed by atoms with Gasteiger partial charge in [-0.15, -0.1) is 0 Å². The number of carbonyl (C=O) groups is 1. The number of benzene rings is 1. The molecule has 2 N–H and O–H groups in total. The van der Waals surface area contributed by atoms with E-state index >= 15 is 0 Å². The highest BCUT2D eigenvalue weighted by Gasteiger charge is 2.29. The molecule has 27 heavy (non-hydrogen) atoms. The van der Waals surface area contributed by atoms with E-state index in [1.807, 2.05) is 6.07 Å². The number of carbonyl (C=O) groups excluding carboxylic acids is 1. The lowest BCUT2D eigenvalue weighted by atomic mass is 9.91. The summed E-state index contributed by atoms with van der Waals surface area (Å²) < 4.78 is 36.0. The van der Waals surface area contributed by atoms with Crippen LogP contribution in [0.25, 0.3) is 0 Å². The molecule has 1 fully saturated rings. The molecule has 10 heteroatoms. The maximum absolute atomic E-state index is 12.7. The van der Waals surface area contributed by atoms with Gasteiger partial charge in [-0.25, -0.2) is 13.1 Å². The van der Waals surface area contributed by atoms with Crippen molar-refractivity contribution in [2.24, 2.45) is 0 Å². The van der Waals surface area contributed by atoms with Crippen LogP contribution in [-0.4, -0.2) is 35.2 Å². The Morgan fingerprint density at radius 3 is 2.70 bits per heavy atom. The number of aromatic nitrogens is 2. The Hall–Kier alpha value is -2.35. The van der Waals surface area contributed by atoms with Gasteiger partial charge in [0, 0.05) is 12.1 Å². The first-order chi connectivity index (χ1) is 12.9. The fourth-order valence-corrected chi connectivity index (χ4v) is 5.18. The minimum absolute atomic E-state index is 0.0252. The molecule has 1 saturated carbocycles. The van der Waals surface area contributed by atoms with Gasteiger partial charge in [-0.3, -0.25) is 4.79 Å². The molecule has 0 bridgehead atoms. The number of aryl methyl sites for hydroxylation is 1. The van der Waals surface area contributed by atoms with Gasteiger partial charge in [-0.2, -0.15) is 14.0 Å². The second kappa shape index (κ2) is 8.12. The Bertz CT molecular complexity index is 980. The molecule has 3 rings (SSSR count). The van der Waals surface area contributed by atoms with E-state index in [1.165, 1.54) is 12.1 Å². The minimum Gasteiger partial charge on any atom is -0.348 e. The predicted molar refractivity (Wildman–Crippen MR) is 99.6 cm³/mol. The third-order valence-corrected chi connectivity index (χ3v) is 6.69. The van der Waals surface area contributed by atoms with Crippen LogP contribution in [0.1, 0.15) is 47.4 Å². The maximum atomic E-state index is 12.7. The zero-order valence-electron chi connectivity index (χ0n) is 14.7. The molecule has 0 aliphatic heterocycles. The van der Waals surface area contributed by atoms with E-state index in [-0.39, 0.29) is 28.4 Å². The van der Waals surface area contributed by atoms with Crippen LogP contribution in [-0.2, 0) is 10.0 Å². The highest BCUT2D eigenvalue weighted by Crippen LogP contribution is 2.22. The third kappa shape index (κ3) is 4.50. The summed E-state index contributed by atoms with van der Waals surface area (Å²) in [4.78, 5) is 12.3. The molecule has 2 aromatic rings. The van der Waals surface area contributed by atoms with Gasteiger partial charge >= 0.3 is 0 Å². The van der Waals surface area contributed by atoms with E-state index in [0.29, 0.717) is 24.2 Å². The first-order valence-corrected chi connectivity index (χ1v) is 10.7. The van der Waals surface area contributed by atoms with Crippen molar-refractivity contribution in [3.05, 3.63) is 41.2 Å². The molecular formula is C17H19N5O3S2. The van der Waals surface area contributed by atoms with Crippen LogP contribution in [0.4, 0.5) is 0 Å². The summed E-state index contributed by atoms with van der Waals surface area (Å²) in [5, 5.41) is 12.1. The van der Waals surface area contributed by atoms with Crippen molar-refractivity contribution in [2.45, 2.75) is 49.6 Å². The first kappa shape index (κ1) is 19.4. The standard InChI is InChI=1S/C17H19N5O3S2/c1-11-16(21-26-20-11)17(23)19-13-6-4-7-14(9-13)22-27(24,25)15-8-3-2-5-12(15)10-18/h2-3,5,8,13-14,22H,4,6-7,9H2,1H3,(H,19,23)/t13-,14-/m1/s1. The first-order valence-electron chi connectivity index (χ1n) is 8.52. The van der Waals surface area contributed by atoms with Gasteiger partial charge in [-0.05, 0) is 44.7 Å². The third-order valence-electron chi connectivity index (χ3n) is 4.50. The molecule has 1 aromatic carbocycles. The molecule has 2 atom stereocenters. The average molecular weight is 406 g/mol. The molecule has 0 radical (unpaired) electrons. The van der Waals surface area contributed by atoms with Gasteiger partial charge in [-0.1, -0.05) is 12.1 Å². The summed E-state index contributed by atoms with van der Waals surface area (Å²) >= 11 is 0.987. The van der Waals surface area contributed by atoms with Crippen molar-refractivity contribution in [2.75, 3.05) is 0 Å². The van der Waals surface area contributed by atoms with Crippen LogP contribution >= 0.6 is 11.7 Å². The van der Waals surface area contributed by atoms with E-state index in [1.54, 1.807) is 19.1 Å². The minimum atomic E-state index is -3.81. The van der Waals surface area contributed by atoms with E-state index in [9.17, 15) is 13.2 Å². The zero-order chi connectivity index (χ0) is 19.4. The Balaban J connectivity index is 1.67. The van der Waals surface area contributed by atoms with Crippen LogP contribution in [0.2, 0.25) is 0 Å². The number of hydrogen-bond donors (Lipinski definition) is 2. The summed E-state index contributed by atoms with van der Waals surface area (Å²) in [6, 6.07) is 7.55. The van der Waals surface area contributed by atoms with Crippen LogP contribution in [0.5, 0.6) is 0 Å². The zero-order valence-corrected chi connectivity index (χ0v) is 16.3. The average Bonchev–Trinajstić information content (AvgIpc) is 3.07. The molecule has 1 aliphatic carbocycles. The molecule has 1 aromatic heterocycles. The quantitative estimate of drug-likeness (QED) is 0.780. The maximum Gasteiger partial charge on any atom is 0.273 e. The number of nitrogens with one attached hydrogen (secondary N) is 2. The van der Waals surface area contributed by atoms with Crippen molar-refractivity contribution in [1.29, 1.82) is 5.26 Å². The Kier molecular flexibility index (Phi) is 5.84. The summed E-state index contributed by atoms with van der Waals surface area (Å²) in [7, 11) is -3.81. The van der Waals surface area contributed by atoms with E-state index in [2.05, 4.69) is 18.8 Å². The van der Waals surface area contributed by atoms with Crippen molar-refractivity contribution in [3.8, 4) is 6.07 Å². The second-order valence-electron chi connectivity index (χ2n) is 6.46. The van der Waals surface area contributed by atoms with Gasteiger partial charge in [0.05, 0.1) is 27.9 Å². The topological polar surface area (TPSA) is 125 Å². The molecule has 1 amide bonds. The highest BCUT2D eigenvalue weighted by molar-refractivity contribution is 7.89. The van der Waals surface area contributed by atoms with Gasteiger partial charge in [0.15, 0.2) is 5.69 Å². The largest absolute Gasteiger partial charge is 0.348 e. The summed E-state index contributed by atoms with van der Waals surface area (Å²) in [6.07, 6.45) is 2.72. The Morgan fingerprint density at radius 1 is 1.26 bits per heavy atom. The van der Waals surface area contributed by atoms with Crippen molar-refractivity contribution in [1.82, 2.24) is 18.8 Å². The normalized spacial score (nSPS) is 20.0. The number of sulfonamides is 1. The van der Waals surface area contributed by atoms with Gasteiger partial charge < -0.3 is 5.32 Å². The molecule has 0 spiro atoms. The molecule has 1 aliphatic rings. The number of rotatable bonds is 5. The molecule has 8 nitrogen and oxygen atoms in total. The number of amides is 1. The van der Waals surface area contributed by atoms with Gasteiger partial charge in [0.1, 0.15) is 6.07 Å². The summed E-state index contributed by atoms with van der Waals surface area (Å²) in [6.45, 7) is 1.73. The summed E-state index contributed by atoms with van der Waals surface area (Å²) in [5.41, 5.74) is 1.00. The monoisotopic (exact) mass is 405 g/mol. The lowest BCUT2D eigenvalue weighted by Gasteiger charge is -2.30. The fourth-order valence-electron chi connectivity index (χ4n) is 3.20. The fraction of sp³-hybridized carbons (Fsp3) is 0.412. The van der Waals surface area contributed by atoms with E-state index in [4.69, 9.17) is 5.26 Å².